The fraction of sp³-hybridized carbons (Fsp3) is 0.250. The molecular formula is C20H21F3N4O2. The molecule has 0 radical (unpaired) electrons. The number of anilines is 2. The lowest BCUT2D eigenvalue weighted by Crippen LogP contribution is -2.21. The minimum Gasteiger partial charge on any atom is -0.475 e. The molecular weight excluding hydrogens is 385 g/mol. The van der Waals surface area contributed by atoms with Crippen molar-refractivity contribution in [2.75, 3.05) is 17.6 Å². The number of aliphatic carboxylic acids is 1. The van der Waals surface area contributed by atoms with E-state index in [0.717, 1.165) is 28.8 Å². The molecule has 29 heavy (non-hydrogen) atoms. The number of nitrogens with one attached hydrogen (secondary N) is 1. The van der Waals surface area contributed by atoms with Crippen molar-refractivity contribution in [2.24, 2.45) is 0 Å². The Bertz CT molecular complexity index is 1020. The van der Waals surface area contributed by atoms with Crippen LogP contribution in [0, 0.1) is 13.8 Å². The van der Waals surface area contributed by atoms with Gasteiger partial charge in [0.15, 0.2) is 0 Å². The number of carboxylic acids is 1. The lowest BCUT2D eigenvalue weighted by atomic mass is 9.95. The number of benzene rings is 2. The second-order valence-electron chi connectivity index (χ2n) is 6.26. The van der Waals surface area contributed by atoms with Crippen LogP contribution in [0.15, 0.2) is 36.4 Å². The van der Waals surface area contributed by atoms with E-state index in [1.807, 2.05) is 6.92 Å². The number of carbonyl (C=O) groups is 1. The van der Waals surface area contributed by atoms with Crippen molar-refractivity contribution in [1.29, 1.82) is 0 Å². The van der Waals surface area contributed by atoms with Gasteiger partial charge in [-0.05, 0) is 55.2 Å². The van der Waals surface area contributed by atoms with Gasteiger partial charge in [0.1, 0.15) is 5.82 Å². The molecule has 3 aromatic rings. The minimum absolute atomic E-state index is 0.294. The summed E-state index contributed by atoms with van der Waals surface area (Å²) in [7, 11) is 0. The molecule has 6 nitrogen and oxygen atoms in total. The molecule has 3 rings (SSSR count). The number of nitrogen functional groups attached to an aromatic ring is 1. The Hall–Kier alpha value is -3.36. The number of alkyl halides is 3. The van der Waals surface area contributed by atoms with Gasteiger partial charge < -0.3 is 16.2 Å². The Morgan fingerprint density at radius 3 is 2.24 bits per heavy atom. The van der Waals surface area contributed by atoms with Crippen LogP contribution in [0.3, 0.4) is 0 Å². The maximum atomic E-state index is 10.6. The Balaban J connectivity index is 0.000000370. The van der Waals surface area contributed by atoms with Crippen LogP contribution in [0.5, 0.6) is 0 Å². The van der Waals surface area contributed by atoms with Crippen LogP contribution in [0.4, 0.5) is 24.9 Å². The van der Waals surface area contributed by atoms with Gasteiger partial charge in [0.2, 0.25) is 5.95 Å². The molecule has 1 aromatic heterocycles. The molecule has 0 aliphatic rings. The molecule has 0 atom stereocenters. The molecule has 2 aromatic carbocycles. The van der Waals surface area contributed by atoms with Crippen LogP contribution in [-0.4, -0.2) is 33.8 Å². The summed E-state index contributed by atoms with van der Waals surface area (Å²) < 4.78 is 31.7. The van der Waals surface area contributed by atoms with Crippen molar-refractivity contribution in [2.45, 2.75) is 26.9 Å². The third-order valence-electron chi connectivity index (χ3n) is 4.07. The summed E-state index contributed by atoms with van der Waals surface area (Å²) in [5.41, 5.74) is 11.6. The van der Waals surface area contributed by atoms with E-state index in [9.17, 15) is 13.2 Å². The molecule has 0 bridgehead atoms. The van der Waals surface area contributed by atoms with E-state index in [-0.39, 0.29) is 0 Å². The van der Waals surface area contributed by atoms with Crippen LogP contribution < -0.4 is 11.1 Å². The van der Waals surface area contributed by atoms with E-state index in [2.05, 4.69) is 65.5 Å². The van der Waals surface area contributed by atoms with Gasteiger partial charge in [-0.2, -0.15) is 18.2 Å². The Labute approximate surface area is 165 Å². The fourth-order valence-electron chi connectivity index (χ4n) is 2.88. The first kappa shape index (κ1) is 21.9. The standard InChI is InChI=1S/C18H20N4.C2HF3O2/c1-4-20-17-14-9-8-13(10-15(14)21-18(19)22-17)16-11(2)6-5-7-12(16)3;3-2(4,5)1(6)7/h5-10H,4H2,1-3H3,(H3,19,20,21,22);(H,6,7). The van der Waals surface area contributed by atoms with E-state index in [4.69, 9.17) is 15.6 Å². The van der Waals surface area contributed by atoms with Gasteiger partial charge in [-0.3, -0.25) is 0 Å². The van der Waals surface area contributed by atoms with Crippen molar-refractivity contribution in [3.05, 3.63) is 47.5 Å². The van der Waals surface area contributed by atoms with Gasteiger partial charge in [-0.25, -0.2) is 9.78 Å². The van der Waals surface area contributed by atoms with Crippen molar-refractivity contribution >= 4 is 28.6 Å². The van der Waals surface area contributed by atoms with E-state index < -0.39 is 12.1 Å². The van der Waals surface area contributed by atoms with E-state index in [0.29, 0.717) is 5.95 Å². The third kappa shape index (κ3) is 5.34. The molecule has 9 heteroatoms. The number of halogens is 3. The van der Waals surface area contributed by atoms with E-state index in [1.54, 1.807) is 0 Å². The van der Waals surface area contributed by atoms with Crippen LogP contribution in [0.2, 0.25) is 0 Å². The number of hydrogen-bond donors (Lipinski definition) is 3. The highest BCUT2D eigenvalue weighted by Crippen LogP contribution is 2.31. The molecule has 0 unspecified atom stereocenters. The zero-order chi connectivity index (χ0) is 21.8. The first-order valence-corrected chi connectivity index (χ1v) is 8.72. The molecule has 0 aliphatic carbocycles. The highest BCUT2D eigenvalue weighted by atomic mass is 19.4. The van der Waals surface area contributed by atoms with Gasteiger partial charge in [-0.15, -0.1) is 0 Å². The Morgan fingerprint density at radius 1 is 1.14 bits per heavy atom. The van der Waals surface area contributed by atoms with Gasteiger partial charge in [0, 0.05) is 11.9 Å². The summed E-state index contributed by atoms with van der Waals surface area (Å²) in [6.07, 6.45) is -5.08. The SMILES string of the molecule is CCNc1nc(N)nc2cc(-c3c(C)cccc3C)ccc12.O=C(O)C(F)(F)F. The predicted octanol–water partition coefficient (Wildman–Crippen LogP) is 4.56. The molecule has 0 amide bonds. The summed E-state index contributed by atoms with van der Waals surface area (Å²) >= 11 is 0. The Morgan fingerprint density at radius 2 is 1.72 bits per heavy atom. The summed E-state index contributed by atoms with van der Waals surface area (Å²) in [5, 5.41) is 11.4. The summed E-state index contributed by atoms with van der Waals surface area (Å²) in [4.78, 5) is 17.6. The second kappa shape index (κ2) is 8.76. The molecule has 4 N–H and O–H groups in total. The van der Waals surface area contributed by atoms with Crippen LogP contribution in [-0.2, 0) is 4.79 Å². The fourth-order valence-corrected chi connectivity index (χ4v) is 2.88. The minimum atomic E-state index is -5.08. The lowest BCUT2D eigenvalue weighted by molar-refractivity contribution is -0.192. The molecule has 0 saturated heterocycles. The quantitative estimate of drug-likeness (QED) is 0.589. The molecule has 0 aliphatic heterocycles. The van der Waals surface area contributed by atoms with Crippen molar-refractivity contribution < 1.29 is 23.1 Å². The van der Waals surface area contributed by atoms with Crippen LogP contribution >= 0.6 is 0 Å². The first-order chi connectivity index (χ1) is 13.5. The van der Waals surface area contributed by atoms with E-state index >= 15 is 0 Å². The number of rotatable bonds is 3. The molecule has 1 heterocycles. The largest absolute Gasteiger partial charge is 0.490 e. The average Bonchev–Trinajstić information content (AvgIpc) is 2.61. The smallest absolute Gasteiger partial charge is 0.475 e. The van der Waals surface area contributed by atoms with Gasteiger partial charge in [-0.1, -0.05) is 24.3 Å². The zero-order valence-corrected chi connectivity index (χ0v) is 16.1. The first-order valence-electron chi connectivity index (χ1n) is 8.72. The Kier molecular flexibility index (Phi) is 6.63. The maximum absolute atomic E-state index is 10.6. The highest BCUT2D eigenvalue weighted by Gasteiger charge is 2.38. The van der Waals surface area contributed by atoms with Crippen LogP contribution in [0.25, 0.3) is 22.0 Å². The van der Waals surface area contributed by atoms with Gasteiger partial charge in [0.05, 0.1) is 5.52 Å². The molecule has 0 saturated carbocycles. The van der Waals surface area contributed by atoms with Crippen molar-refractivity contribution in [1.82, 2.24) is 9.97 Å². The topological polar surface area (TPSA) is 101 Å². The zero-order valence-electron chi connectivity index (χ0n) is 16.1. The van der Waals surface area contributed by atoms with Gasteiger partial charge >= 0.3 is 12.1 Å². The number of fused-ring (bicyclic) bond motifs is 1. The normalized spacial score (nSPS) is 11.0. The number of nitrogens with two attached hydrogens (primary N) is 1. The predicted molar refractivity (Wildman–Crippen MR) is 107 cm³/mol. The van der Waals surface area contributed by atoms with Crippen LogP contribution in [0.1, 0.15) is 18.1 Å². The third-order valence-corrected chi connectivity index (χ3v) is 4.07. The lowest BCUT2D eigenvalue weighted by Gasteiger charge is -2.12. The highest BCUT2D eigenvalue weighted by molar-refractivity contribution is 5.93. The molecule has 154 valence electrons. The average molecular weight is 406 g/mol. The second-order valence-corrected chi connectivity index (χ2v) is 6.26. The molecule has 0 spiro atoms. The summed E-state index contributed by atoms with van der Waals surface area (Å²) in [6, 6.07) is 12.6. The number of hydrogen-bond acceptors (Lipinski definition) is 5. The summed E-state index contributed by atoms with van der Waals surface area (Å²) in [6.45, 7) is 7.09. The summed E-state index contributed by atoms with van der Waals surface area (Å²) in [5.74, 6) is -1.67. The van der Waals surface area contributed by atoms with Crippen molar-refractivity contribution in [3.63, 3.8) is 0 Å². The van der Waals surface area contributed by atoms with Crippen molar-refractivity contribution in [3.8, 4) is 11.1 Å². The molecule has 0 fully saturated rings. The van der Waals surface area contributed by atoms with E-state index in [1.165, 1.54) is 16.7 Å². The maximum Gasteiger partial charge on any atom is 0.490 e. The van der Waals surface area contributed by atoms with Gasteiger partial charge in [0.25, 0.3) is 0 Å². The monoisotopic (exact) mass is 406 g/mol. The number of aryl methyl sites for hydroxylation is 2. The number of nitrogens with zero attached hydrogens (tertiary/aromatic N) is 2. The number of carboxylic acid groups (broad SMARTS) is 1. The number of aromatic nitrogens is 2.